The van der Waals surface area contributed by atoms with Gasteiger partial charge in [0.1, 0.15) is 18.0 Å². The summed E-state index contributed by atoms with van der Waals surface area (Å²) in [4.78, 5) is 22.9. The highest BCUT2D eigenvalue weighted by Gasteiger charge is 2.13. The Kier molecular flexibility index (Phi) is 5.88. The lowest BCUT2D eigenvalue weighted by Gasteiger charge is -2.16. The van der Waals surface area contributed by atoms with Crippen molar-refractivity contribution < 1.29 is 4.79 Å². The standard InChI is InChI=1S/C19H26N6O/c1-14-6-5-7-16(15(14)2)24-19(26)21-9-8-20-17-12-18(23-13-22-17)25-10-3-4-11-25/h5-7,12-13H,3-4,8-11H2,1-2H3,(H,20,22,23)(H2,21,24,26). The van der Waals surface area contributed by atoms with E-state index in [-0.39, 0.29) is 6.03 Å². The van der Waals surface area contributed by atoms with Crippen LogP contribution < -0.4 is 20.9 Å². The van der Waals surface area contributed by atoms with Gasteiger partial charge in [0.2, 0.25) is 0 Å². The van der Waals surface area contributed by atoms with Crippen molar-refractivity contribution >= 4 is 23.4 Å². The Balaban J connectivity index is 1.43. The minimum Gasteiger partial charge on any atom is -0.368 e. The van der Waals surface area contributed by atoms with Gasteiger partial charge in [0.05, 0.1) is 0 Å². The number of nitrogens with one attached hydrogen (secondary N) is 3. The third kappa shape index (κ3) is 4.62. The third-order valence-corrected chi connectivity index (χ3v) is 4.65. The molecule has 0 aliphatic carbocycles. The molecule has 0 saturated carbocycles. The van der Waals surface area contributed by atoms with Crippen molar-refractivity contribution in [2.75, 3.05) is 41.7 Å². The van der Waals surface area contributed by atoms with E-state index in [1.807, 2.05) is 38.1 Å². The molecular weight excluding hydrogens is 328 g/mol. The van der Waals surface area contributed by atoms with Crippen LogP contribution in [0.15, 0.2) is 30.6 Å². The van der Waals surface area contributed by atoms with Crippen LogP contribution >= 0.6 is 0 Å². The van der Waals surface area contributed by atoms with Crippen LogP contribution in [0.1, 0.15) is 24.0 Å². The maximum Gasteiger partial charge on any atom is 0.319 e. The van der Waals surface area contributed by atoms with Crippen LogP contribution in [0.3, 0.4) is 0 Å². The van der Waals surface area contributed by atoms with Gasteiger partial charge in [-0.1, -0.05) is 12.1 Å². The van der Waals surface area contributed by atoms with E-state index in [2.05, 4.69) is 30.8 Å². The van der Waals surface area contributed by atoms with Gasteiger partial charge in [-0.25, -0.2) is 14.8 Å². The molecule has 26 heavy (non-hydrogen) atoms. The molecule has 3 N–H and O–H groups in total. The molecule has 1 aliphatic rings. The molecule has 0 radical (unpaired) electrons. The molecule has 1 aromatic carbocycles. The van der Waals surface area contributed by atoms with Crippen LogP contribution in [-0.2, 0) is 0 Å². The van der Waals surface area contributed by atoms with Crippen LogP contribution in [-0.4, -0.2) is 42.2 Å². The van der Waals surface area contributed by atoms with Gasteiger partial charge in [0, 0.05) is 37.9 Å². The molecule has 1 aromatic heterocycles. The Bertz CT molecular complexity index is 757. The fourth-order valence-corrected chi connectivity index (χ4v) is 2.98. The molecule has 1 fully saturated rings. The van der Waals surface area contributed by atoms with E-state index >= 15 is 0 Å². The molecule has 7 nitrogen and oxygen atoms in total. The maximum atomic E-state index is 12.0. The molecule has 3 rings (SSSR count). The van der Waals surface area contributed by atoms with Crippen LogP contribution in [0.25, 0.3) is 0 Å². The summed E-state index contributed by atoms with van der Waals surface area (Å²) < 4.78 is 0. The molecule has 0 bridgehead atoms. The number of aryl methyl sites for hydroxylation is 1. The van der Waals surface area contributed by atoms with Crippen molar-refractivity contribution in [2.45, 2.75) is 26.7 Å². The summed E-state index contributed by atoms with van der Waals surface area (Å²) in [5.41, 5.74) is 3.07. The monoisotopic (exact) mass is 354 g/mol. The molecule has 2 heterocycles. The van der Waals surface area contributed by atoms with Gasteiger partial charge in [0.15, 0.2) is 0 Å². The summed E-state index contributed by atoms with van der Waals surface area (Å²) in [6.07, 6.45) is 4.01. The van der Waals surface area contributed by atoms with E-state index in [4.69, 9.17) is 0 Å². The van der Waals surface area contributed by atoms with E-state index in [1.165, 1.54) is 12.8 Å². The lowest BCUT2D eigenvalue weighted by molar-refractivity contribution is 0.252. The molecular formula is C19H26N6O. The lowest BCUT2D eigenvalue weighted by Crippen LogP contribution is -2.33. The Morgan fingerprint density at radius 1 is 1.15 bits per heavy atom. The first-order valence-corrected chi connectivity index (χ1v) is 9.05. The Hall–Kier alpha value is -2.83. The predicted octanol–water partition coefficient (Wildman–Crippen LogP) is 2.93. The zero-order valence-electron chi connectivity index (χ0n) is 15.4. The average Bonchev–Trinajstić information content (AvgIpc) is 3.18. The number of carbonyl (C=O) groups is 1. The summed E-state index contributed by atoms with van der Waals surface area (Å²) in [7, 11) is 0. The normalized spacial score (nSPS) is 13.5. The van der Waals surface area contributed by atoms with Crippen LogP contribution in [0.4, 0.5) is 22.1 Å². The number of hydrogen-bond acceptors (Lipinski definition) is 5. The third-order valence-electron chi connectivity index (χ3n) is 4.65. The topological polar surface area (TPSA) is 82.2 Å². The summed E-state index contributed by atoms with van der Waals surface area (Å²) >= 11 is 0. The molecule has 0 unspecified atom stereocenters. The molecule has 2 amide bonds. The second-order valence-electron chi connectivity index (χ2n) is 6.51. The first kappa shape index (κ1) is 18.0. The molecule has 0 spiro atoms. The number of anilines is 3. The number of urea groups is 1. The van der Waals surface area contributed by atoms with Crippen molar-refractivity contribution in [3.63, 3.8) is 0 Å². The van der Waals surface area contributed by atoms with Gasteiger partial charge in [-0.15, -0.1) is 0 Å². The number of nitrogens with zero attached hydrogens (tertiary/aromatic N) is 3. The maximum absolute atomic E-state index is 12.0. The van der Waals surface area contributed by atoms with Crippen molar-refractivity contribution in [2.24, 2.45) is 0 Å². The first-order chi connectivity index (χ1) is 12.6. The van der Waals surface area contributed by atoms with Crippen LogP contribution in [0.5, 0.6) is 0 Å². The lowest BCUT2D eigenvalue weighted by atomic mass is 10.1. The SMILES string of the molecule is Cc1cccc(NC(=O)NCCNc2cc(N3CCCC3)ncn2)c1C. The van der Waals surface area contributed by atoms with Crippen molar-refractivity contribution in [1.29, 1.82) is 0 Å². The number of carbonyl (C=O) groups excluding carboxylic acids is 1. The van der Waals surface area contributed by atoms with Crippen molar-refractivity contribution in [3.8, 4) is 0 Å². The second kappa shape index (κ2) is 8.51. The van der Waals surface area contributed by atoms with Gasteiger partial charge in [-0.05, 0) is 43.9 Å². The smallest absolute Gasteiger partial charge is 0.319 e. The number of amides is 2. The van der Waals surface area contributed by atoms with Crippen LogP contribution in [0.2, 0.25) is 0 Å². The van der Waals surface area contributed by atoms with Crippen LogP contribution in [0, 0.1) is 13.8 Å². The number of hydrogen-bond donors (Lipinski definition) is 3. The zero-order chi connectivity index (χ0) is 18.4. The molecule has 7 heteroatoms. The number of aromatic nitrogens is 2. The summed E-state index contributed by atoms with van der Waals surface area (Å²) in [6, 6.07) is 7.62. The predicted molar refractivity (Wildman–Crippen MR) is 105 cm³/mol. The van der Waals surface area contributed by atoms with Crippen molar-refractivity contribution in [3.05, 3.63) is 41.7 Å². The van der Waals surface area contributed by atoms with E-state index in [0.29, 0.717) is 13.1 Å². The highest BCUT2D eigenvalue weighted by molar-refractivity contribution is 5.90. The Morgan fingerprint density at radius 3 is 2.77 bits per heavy atom. The quantitative estimate of drug-likeness (QED) is 0.695. The molecule has 138 valence electrons. The van der Waals surface area contributed by atoms with Crippen molar-refractivity contribution in [1.82, 2.24) is 15.3 Å². The Morgan fingerprint density at radius 2 is 1.96 bits per heavy atom. The Labute approximate surface area is 154 Å². The minimum absolute atomic E-state index is 0.207. The summed E-state index contributed by atoms with van der Waals surface area (Å²) in [6.45, 7) is 7.23. The number of benzene rings is 1. The fraction of sp³-hybridized carbons (Fsp3) is 0.421. The van der Waals surface area contributed by atoms with Gasteiger partial charge < -0.3 is 20.9 Å². The van der Waals surface area contributed by atoms with Gasteiger partial charge in [-0.2, -0.15) is 0 Å². The van der Waals surface area contributed by atoms with Gasteiger partial charge in [-0.3, -0.25) is 0 Å². The minimum atomic E-state index is -0.207. The summed E-state index contributed by atoms with van der Waals surface area (Å²) in [5.74, 6) is 1.74. The zero-order valence-corrected chi connectivity index (χ0v) is 15.4. The second-order valence-corrected chi connectivity index (χ2v) is 6.51. The first-order valence-electron chi connectivity index (χ1n) is 9.05. The summed E-state index contributed by atoms with van der Waals surface area (Å²) in [5, 5.41) is 8.97. The molecule has 1 aliphatic heterocycles. The highest BCUT2D eigenvalue weighted by Crippen LogP contribution is 2.19. The van der Waals surface area contributed by atoms with E-state index in [9.17, 15) is 4.79 Å². The highest BCUT2D eigenvalue weighted by atomic mass is 16.2. The molecule has 0 atom stereocenters. The molecule has 2 aromatic rings. The van der Waals surface area contributed by atoms with Gasteiger partial charge >= 0.3 is 6.03 Å². The molecule has 1 saturated heterocycles. The fourth-order valence-electron chi connectivity index (χ4n) is 2.98. The number of rotatable bonds is 6. The van der Waals surface area contributed by atoms with E-state index in [1.54, 1.807) is 6.33 Å². The van der Waals surface area contributed by atoms with Gasteiger partial charge in [0.25, 0.3) is 0 Å². The van der Waals surface area contributed by atoms with E-state index in [0.717, 1.165) is 41.5 Å². The largest absolute Gasteiger partial charge is 0.368 e. The average molecular weight is 354 g/mol. The van der Waals surface area contributed by atoms with E-state index < -0.39 is 0 Å².